The summed E-state index contributed by atoms with van der Waals surface area (Å²) in [6, 6.07) is 29.7. The number of aryl methyl sites for hydroxylation is 2. The lowest BCUT2D eigenvalue weighted by Gasteiger charge is -2.11. The van der Waals surface area contributed by atoms with Gasteiger partial charge in [0.1, 0.15) is 23.1 Å². The second-order valence-electron chi connectivity index (χ2n) is 8.95. The van der Waals surface area contributed by atoms with Crippen LogP contribution in [0.1, 0.15) is 21.6 Å². The SMILES string of the molecule is Cc1ccc(Nc2cc(C)nc(Nc3ccc(NC(=O)c4cccc(Oc5ccc(F)cc5)c4)cc3)n2)cc1. The molecule has 0 atom stereocenters. The van der Waals surface area contributed by atoms with Crippen LogP contribution in [0.3, 0.4) is 0 Å². The molecule has 7 nitrogen and oxygen atoms in total. The summed E-state index contributed by atoms with van der Waals surface area (Å²) in [5.74, 6) is 1.47. The molecule has 0 aliphatic heterocycles. The molecule has 0 saturated carbocycles. The predicted octanol–water partition coefficient (Wildman–Crippen LogP) is 7.76. The molecule has 0 radical (unpaired) electrons. The van der Waals surface area contributed by atoms with Crippen molar-refractivity contribution in [2.24, 2.45) is 0 Å². The highest BCUT2D eigenvalue weighted by molar-refractivity contribution is 6.04. The van der Waals surface area contributed by atoms with Gasteiger partial charge in [-0.05, 0) is 92.7 Å². The molecule has 5 rings (SSSR count). The molecule has 4 aromatic carbocycles. The minimum absolute atomic E-state index is 0.283. The molecule has 194 valence electrons. The Hall–Kier alpha value is -5.24. The van der Waals surface area contributed by atoms with Crippen molar-refractivity contribution < 1.29 is 13.9 Å². The first-order chi connectivity index (χ1) is 18.9. The van der Waals surface area contributed by atoms with E-state index in [-0.39, 0.29) is 11.7 Å². The fourth-order valence-electron chi connectivity index (χ4n) is 3.78. The van der Waals surface area contributed by atoms with Crippen LogP contribution in [-0.2, 0) is 0 Å². The van der Waals surface area contributed by atoms with Gasteiger partial charge in [-0.25, -0.2) is 9.37 Å². The lowest BCUT2D eigenvalue weighted by atomic mass is 10.2. The van der Waals surface area contributed by atoms with Gasteiger partial charge in [-0.15, -0.1) is 0 Å². The number of nitrogens with one attached hydrogen (secondary N) is 3. The van der Waals surface area contributed by atoms with E-state index in [1.165, 1.54) is 29.8 Å². The van der Waals surface area contributed by atoms with E-state index in [0.717, 1.165) is 17.1 Å². The van der Waals surface area contributed by atoms with Gasteiger partial charge in [0, 0.05) is 34.4 Å². The van der Waals surface area contributed by atoms with Crippen LogP contribution in [0.4, 0.5) is 33.2 Å². The molecule has 8 heteroatoms. The zero-order valence-corrected chi connectivity index (χ0v) is 21.4. The van der Waals surface area contributed by atoms with Crippen LogP contribution in [0.15, 0.2) is 103 Å². The number of nitrogens with zero attached hydrogens (tertiary/aromatic N) is 2. The number of hydrogen-bond acceptors (Lipinski definition) is 6. The molecule has 0 spiro atoms. The summed E-state index contributed by atoms with van der Waals surface area (Å²) in [6.07, 6.45) is 0. The minimum Gasteiger partial charge on any atom is -0.457 e. The highest BCUT2D eigenvalue weighted by atomic mass is 19.1. The fraction of sp³-hybridized carbons (Fsp3) is 0.0645. The number of halogens is 1. The average Bonchev–Trinajstić information content (AvgIpc) is 2.92. The monoisotopic (exact) mass is 519 g/mol. The summed E-state index contributed by atoms with van der Waals surface area (Å²) in [7, 11) is 0. The predicted molar refractivity (Wildman–Crippen MR) is 152 cm³/mol. The summed E-state index contributed by atoms with van der Waals surface area (Å²) >= 11 is 0. The molecule has 0 aliphatic carbocycles. The Kier molecular flexibility index (Phi) is 7.45. The summed E-state index contributed by atoms with van der Waals surface area (Å²) < 4.78 is 18.9. The lowest BCUT2D eigenvalue weighted by molar-refractivity contribution is 0.102. The number of ether oxygens (including phenoxy) is 1. The highest BCUT2D eigenvalue weighted by Gasteiger charge is 2.09. The van der Waals surface area contributed by atoms with Crippen LogP contribution in [0.2, 0.25) is 0 Å². The quantitative estimate of drug-likeness (QED) is 0.194. The van der Waals surface area contributed by atoms with Crippen molar-refractivity contribution in [3.05, 3.63) is 126 Å². The van der Waals surface area contributed by atoms with E-state index in [1.807, 2.05) is 56.3 Å². The molecular weight excluding hydrogens is 493 g/mol. The average molecular weight is 520 g/mol. The summed E-state index contributed by atoms with van der Waals surface area (Å²) in [5.41, 5.74) is 4.77. The van der Waals surface area contributed by atoms with Gasteiger partial charge in [-0.1, -0.05) is 23.8 Å². The molecule has 0 saturated heterocycles. The van der Waals surface area contributed by atoms with Gasteiger partial charge in [-0.3, -0.25) is 4.79 Å². The molecule has 1 amide bonds. The number of benzene rings is 4. The lowest BCUT2D eigenvalue weighted by Crippen LogP contribution is -2.11. The van der Waals surface area contributed by atoms with E-state index < -0.39 is 0 Å². The third-order valence-electron chi connectivity index (χ3n) is 5.72. The molecule has 0 unspecified atom stereocenters. The first-order valence-corrected chi connectivity index (χ1v) is 12.3. The van der Waals surface area contributed by atoms with Gasteiger partial charge in [0.05, 0.1) is 0 Å². The second-order valence-corrected chi connectivity index (χ2v) is 8.95. The normalized spacial score (nSPS) is 10.5. The van der Waals surface area contributed by atoms with E-state index in [1.54, 1.807) is 36.4 Å². The van der Waals surface area contributed by atoms with Crippen molar-refractivity contribution in [3.8, 4) is 11.5 Å². The summed E-state index contributed by atoms with van der Waals surface area (Å²) in [4.78, 5) is 21.9. The number of rotatable bonds is 8. The molecule has 39 heavy (non-hydrogen) atoms. The fourth-order valence-corrected chi connectivity index (χ4v) is 3.78. The molecule has 1 aromatic heterocycles. The van der Waals surface area contributed by atoms with Crippen molar-refractivity contribution in [2.45, 2.75) is 13.8 Å². The van der Waals surface area contributed by atoms with Crippen molar-refractivity contribution in [2.75, 3.05) is 16.0 Å². The van der Waals surface area contributed by atoms with E-state index in [9.17, 15) is 9.18 Å². The Morgan fingerprint density at radius 3 is 2.13 bits per heavy atom. The first kappa shape index (κ1) is 25.4. The molecule has 0 aliphatic rings. The van der Waals surface area contributed by atoms with Gasteiger partial charge >= 0.3 is 0 Å². The highest BCUT2D eigenvalue weighted by Crippen LogP contribution is 2.24. The van der Waals surface area contributed by atoms with E-state index in [2.05, 4.69) is 25.9 Å². The molecular formula is C31H26FN5O2. The van der Waals surface area contributed by atoms with Crippen molar-refractivity contribution in [1.29, 1.82) is 0 Å². The summed E-state index contributed by atoms with van der Waals surface area (Å²) in [6.45, 7) is 3.95. The van der Waals surface area contributed by atoms with Crippen LogP contribution >= 0.6 is 0 Å². The van der Waals surface area contributed by atoms with Crippen molar-refractivity contribution in [3.63, 3.8) is 0 Å². The third kappa shape index (κ3) is 6.95. The smallest absolute Gasteiger partial charge is 0.255 e. The number of amides is 1. The maximum Gasteiger partial charge on any atom is 0.255 e. The van der Waals surface area contributed by atoms with Crippen molar-refractivity contribution >= 4 is 34.7 Å². The van der Waals surface area contributed by atoms with Crippen LogP contribution in [0.25, 0.3) is 0 Å². The molecule has 3 N–H and O–H groups in total. The van der Waals surface area contributed by atoms with E-state index in [0.29, 0.717) is 34.5 Å². The Bertz CT molecular complexity index is 1590. The van der Waals surface area contributed by atoms with Gasteiger partial charge < -0.3 is 20.7 Å². The van der Waals surface area contributed by atoms with E-state index >= 15 is 0 Å². The Morgan fingerprint density at radius 1 is 0.718 bits per heavy atom. The number of carbonyl (C=O) groups is 1. The zero-order chi connectivity index (χ0) is 27.2. The summed E-state index contributed by atoms with van der Waals surface area (Å²) in [5, 5.41) is 9.40. The maximum atomic E-state index is 13.1. The van der Waals surface area contributed by atoms with Gasteiger partial charge in [0.2, 0.25) is 5.95 Å². The Labute approximate surface area is 225 Å². The van der Waals surface area contributed by atoms with Crippen molar-refractivity contribution in [1.82, 2.24) is 9.97 Å². The second kappa shape index (κ2) is 11.4. The van der Waals surface area contributed by atoms with E-state index in [4.69, 9.17) is 4.74 Å². The minimum atomic E-state index is -0.344. The molecule has 0 fully saturated rings. The standard InChI is InChI=1S/C31H26FN5O2/c1-20-6-10-24(11-7-20)34-29-18-21(2)33-31(37-29)36-26-14-12-25(13-15-26)35-30(38)22-4-3-5-28(19-22)39-27-16-8-23(32)9-17-27/h3-19H,1-2H3,(H,35,38)(H2,33,34,36,37). The molecule has 1 heterocycles. The number of anilines is 5. The number of carbonyl (C=O) groups excluding carboxylic acids is 1. The van der Waals surface area contributed by atoms with Crippen LogP contribution in [-0.4, -0.2) is 15.9 Å². The topological polar surface area (TPSA) is 88.2 Å². The Morgan fingerprint density at radius 2 is 1.38 bits per heavy atom. The maximum absolute atomic E-state index is 13.1. The molecule has 0 bridgehead atoms. The number of hydrogen-bond donors (Lipinski definition) is 3. The van der Waals surface area contributed by atoms with Crippen LogP contribution < -0.4 is 20.7 Å². The Balaban J connectivity index is 1.21. The third-order valence-corrected chi connectivity index (χ3v) is 5.72. The van der Waals surface area contributed by atoms with Gasteiger partial charge in [0.25, 0.3) is 5.91 Å². The van der Waals surface area contributed by atoms with Crippen LogP contribution in [0, 0.1) is 19.7 Å². The zero-order valence-electron chi connectivity index (χ0n) is 21.4. The number of aromatic nitrogens is 2. The molecule has 5 aromatic rings. The van der Waals surface area contributed by atoms with Crippen LogP contribution in [0.5, 0.6) is 11.5 Å². The van der Waals surface area contributed by atoms with Gasteiger partial charge in [0.15, 0.2) is 0 Å². The first-order valence-electron chi connectivity index (χ1n) is 12.3. The largest absolute Gasteiger partial charge is 0.457 e. The van der Waals surface area contributed by atoms with Gasteiger partial charge in [-0.2, -0.15) is 4.98 Å².